The lowest BCUT2D eigenvalue weighted by Gasteiger charge is -2.19. The molecule has 1 aliphatic rings. The number of primary amides is 1. The molecule has 0 fully saturated rings. The lowest BCUT2D eigenvalue weighted by molar-refractivity contribution is -0.117. The van der Waals surface area contributed by atoms with Crippen LogP contribution in [0.3, 0.4) is 0 Å². The highest BCUT2D eigenvalue weighted by atomic mass is 16.2. The first-order valence-electron chi connectivity index (χ1n) is 8.31. The Kier molecular flexibility index (Phi) is 4.88. The number of anilines is 2. The number of fused-ring (bicyclic) bond motifs is 1. The van der Waals surface area contributed by atoms with E-state index in [0.29, 0.717) is 5.69 Å². The number of benzene rings is 2. The summed E-state index contributed by atoms with van der Waals surface area (Å²) in [6.45, 7) is 3.44. The van der Waals surface area contributed by atoms with E-state index in [1.807, 2.05) is 24.3 Å². The number of urea groups is 1. The van der Waals surface area contributed by atoms with Crippen molar-refractivity contribution in [2.24, 2.45) is 5.73 Å². The van der Waals surface area contributed by atoms with Crippen LogP contribution in [0.4, 0.5) is 16.2 Å². The molecule has 0 aliphatic carbocycles. The molecule has 1 aliphatic heterocycles. The second-order valence-corrected chi connectivity index (χ2v) is 6.22. The molecular weight excluding hydrogens is 316 g/mol. The van der Waals surface area contributed by atoms with Gasteiger partial charge in [-0.25, -0.2) is 4.79 Å². The highest BCUT2D eigenvalue weighted by Crippen LogP contribution is 2.28. The summed E-state index contributed by atoms with van der Waals surface area (Å²) in [7, 11) is 0. The fourth-order valence-corrected chi connectivity index (χ4v) is 3.01. The van der Waals surface area contributed by atoms with Crippen molar-refractivity contribution < 1.29 is 9.59 Å². The van der Waals surface area contributed by atoms with E-state index in [0.717, 1.165) is 19.5 Å². The predicted molar refractivity (Wildman–Crippen MR) is 98.4 cm³/mol. The average molecular weight is 338 g/mol. The normalized spacial score (nSPS) is 13.9. The highest BCUT2D eigenvalue weighted by Gasteiger charge is 2.18. The van der Waals surface area contributed by atoms with Gasteiger partial charge in [0.25, 0.3) is 0 Å². The second kappa shape index (κ2) is 7.25. The van der Waals surface area contributed by atoms with Gasteiger partial charge in [-0.1, -0.05) is 30.3 Å². The van der Waals surface area contributed by atoms with Crippen LogP contribution in [-0.2, 0) is 17.8 Å². The van der Waals surface area contributed by atoms with Gasteiger partial charge in [0.1, 0.15) is 6.04 Å². The maximum atomic E-state index is 12.0. The lowest BCUT2D eigenvalue weighted by Crippen LogP contribution is -2.44. The molecule has 0 aromatic heterocycles. The minimum absolute atomic E-state index is 0.306. The summed E-state index contributed by atoms with van der Waals surface area (Å²) >= 11 is 0. The van der Waals surface area contributed by atoms with Crippen LogP contribution in [-0.4, -0.2) is 24.5 Å². The summed E-state index contributed by atoms with van der Waals surface area (Å²) in [5, 5.41) is 5.11. The quantitative estimate of drug-likeness (QED) is 0.781. The van der Waals surface area contributed by atoms with Gasteiger partial charge in [-0.3, -0.25) is 4.79 Å². The Hall–Kier alpha value is -3.02. The standard InChI is InChI=1S/C19H22N4O2/c1-13(21-19(20)25)18(24)22-16-8-6-14(7-9-16)12-23-11-10-15-4-2-3-5-17(15)23/h2-9,13H,10-12H2,1H3,(H,22,24)(H3,20,21,25). The number of nitrogens with zero attached hydrogens (tertiary/aromatic N) is 1. The SMILES string of the molecule is CC(NC(N)=O)C(=O)Nc1ccc(CN2CCc3ccccc32)cc1. The minimum Gasteiger partial charge on any atom is -0.367 e. The number of nitrogens with one attached hydrogen (secondary N) is 2. The third kappa shape index (κ3) is 4.09. The van der Waals surface area contributed by atoms with Gasteiger partial charge in [0, 0.05) is 24.5 Å². The maximum absolute atomic E-state index is 12.0. The van der Waals surface area contributed by atoms with Gasteiger partial charge in [-0.15, -0.1) is 0 Å². The summed E-state index contributed by atoms with van der Waals surface area (Å²) in [6, 6.07) is 14.8. The van der Waals surface area contributed by atoms with Crippen LogP contribution in [0, 0.1) is 0 Å². The Morgan fingerprint density at radius 3 is 2.60 bits per heavy atom. The molecule has 1 heterocycles. The van der Waals surface area contributed by atoms with E-state index in [1.54, 1.807) is 6.92 Å². The summed E-state index contributed by atoms with van der Waals surface area (Å²) < 4.78 is 0. The van der Waals surface area contributed by atoms with Gasteiger partial charge in [-0.2, -0.15) is 0 Å². The molecule has 0 radical (unpaired) electrons. The Morgan fingerprint density at radius 2 is 1.88 bits per heavy atom. The van der Waals surface area contributed by atoms with E-state index in [2.05, 4.69) is 39.8 Å². The van der Waals surface area contributed by atoms with Crippen LogP contribution >= 0.6 is 0 Å². The molecule has 3 rings (SSSR count). The van der Waals surface area contributed by atoms with Crippen LogP contribution < -0.4 is 21.3 Å². The zero-order valence-electron chi connectivity index (χ0n) is 14.2. The van der Waals surface area contributed by atoms with Crippen LogP contribution in [0.25, 0.3) is 0 Å². The van der Waals surface area contributed by atoms with Crippen LogP contribution in [0.5, 0.6) is 0 Å². The number of amides is 3. The molecular formula is C19H22N4O2. The Balaban J connectivity index is 1.60. The van der Waals surface area contributed by atoms with Gasteiger partial charge in [0.15, 0.2) is 0 Å². The molecule has 2 aromatic carbocycles. The summed E-state index contributed by atoms with van der Waals surface area (Å²) in [4.78, 5) is 25.1. The molecule has 6 heteroatoms. The molecule has 1 atom stereocenters. The Labute approximate surface area is 147 Å². The van der Waals surface area contributed by atoms with Crippen molar-refractivity contribution >= 4 is 23.3 Å². The molecule has 130 valence electrons. The number of para-hydroxylation sites is 1. The monoisotopic (exact) mass is 338 g/mol. The molecule has 3 amide bonds. The molecule has 2 aromatic rings. The minimum atomic E-state index is -0.719. The van der Waals surface area contributed by atoms with E-state index in [9.17, 15) is 9.59 Å². The van der Waals surface area contributed by atoms with Gasteiger partial charge < -0.3 is 21.3 Å². The number of hydrogen-bond donors (Lipinski definition) is 3. The van der Waals surface area contributed by atoms with Gasteiger partial charge in [0.05, 0.1) is 0 Å². The zero-order chi connectivity index (χ0) is 17.8. The Bertz CT molecular complexity index is 773. The fraction of sp³-hybridized carbons (Fsp3) is 0.263. The third-order valence-corrected chi connectivity index (χ3v) is 4.33. The number of nitrogens with two attached hydrogens (primary N) is 1. The first kappa shape index (κ1) is 16.8. The smallest absolute Gasteiger partial charge is 0.312 e. The first-order valence-corrected chi connectivity index (χ1v) is 8.31. The van der Waals surface area contributed by atoms with Crippen molar-refractivity contribution in [3.8, 4) is 0 Å². The van der Waals surface area contributed by atoms with Crippen molar-refractivity contribution in [2.75, 3.05) is 16.8 Å². The van der Waals surface area contributed by atoms with Crippen molar-refractivity contribution in [3.63, 3.8) is 0 Å². The Morgan fingerprint density at radius 1 is 1.16 bits per heavy atom. The molecule has 4 N–H and O–H groups in total. The van der Waals surface area contributed by atoms with E-state index >= 15 is 0 Å². The van der Waals surface area contributed by atoms with Gasteiger partial charge in [0.2, 0.25) is 5.91 Å². The number of carbonyl (C=O) groups is 2. The van der Waals surface area contributed by atoms with Crippen molar-refractivity contribution in [1.82, 2.24) is 5.32 Å². The van der Waals surface area contributed by atoms with Crippen LogP contribution in [0.15, 0.2) is 48.5 Å². The second-order valence-electron chi connectivity index (χ2n) is 6.22. The summed E-state index contributed by atoms with van der Waals surface area (Å²) in [6.07, 6.45) is 1.08. The largest absolute Gasteiger partial charge is 0.367 e. The molecule has 0 saturated carbocycles. The molecule has 0 saturated heterocycles. The predicted octanol–water partition coefficient (Wildman–Crippen LogP) is 2.24. The van der Waals surface area contributed by atoms with Crippen molar-refractivity contribution in [3.05, 3.63) is 59.7 Å². The maximum Gasteiger partial charge on any atom is 0.312 e. The van der Waals surface area contributed by atoms with Crippen LogP contribution in [0.2, 0.25) is 0 Å². The highest BCUT2D eigenvalue weighted by molar-refractivity contribution is 5.96. The number of carbonyl (C=O) groups excluding carboxylic acids is 2. The van der Waals surface area contributed by atoms with E-state index in [-0.39, 0.29) is 5.91 Å². The number of rotatable bonds is 5. The topological polar surface area (TPSA) is 87.5 Å². The van der Waals surface area contributed by atoms with Crippen molar-refractivity contribution in [2.45, 2.75) is 25.9 Å². The molecule has 0 spiro atoms. The summed E-state index contributed by atoms with van der Waals surface area (Å²) in [5.41, 5.74) is 9.58. The molecule has 0 bridgehead atoms. The van der Waals surface area contributed by atoms with Crippen LogP contribution in [0.1, 0.15) is 18.1 Å². The zero-order valence-corrected chi connectivity index (χ0v) is 14.2. The van der Waals surface area contributed by atoms with E-state index < -0.39 is 12.1 Å². The van der Waals surface area contributed by atoms with Gasteiger partial charge in [-0.05, 0) is 42.7 Å². The molecule has 6 nitrogen and oxygen atoms in total. The molecule has 1 unspecified atom stereocenters. The fourth-order valence-electron chi connectivity index (χ4n) is 3.01. The van der Waals surface area contributed by atoms with Gasteiger partial charge >= 0.3 is 6.03 Å². The van der Waals surface area contributed by atoms with E-state index in [1.165, 1.54) is 16.8 Å². The average Bonchev–Trinajstić information content (AvgIpc) is 2.99. The lowest BCUT2D eigenvalue weighted by atomic mass is 10.1. The third-order valence-electron chi connectivity index (χ3n) is 4.33. The number of hydrogen-bond acceptors (Lipinski definition) is 3. The van der Waals surface area contributed by atoms with E-state index in [4.69, 9.17) is 5.73 Å². The van der Waals surface area contributed by atoms with Crippen molar-refractivity contribution in [1.29, 1.82) is 0 Å². The molecule has 25 heavy (non-hydrogen) atoms. The summed E-state index contributed by atoms with van der Waals surface area (Å²) in [5.74, 6) is -0.306. The first-order chi connectivity index (χ1) is 12.0.